The maximum atomic E-state index is 9.34. The summed E-state index contributed by atoms with van der Waals surface area (Å²) >= 11 is 0. The number of likely N-dealkylation sites (tertiary alicyclic amines) is 1. The van der Waals surface area contributed by atoms with Gasteiger partial charge in [-0.3, -0.25) is 0 Å². The summed E-state index contributed by atoms with van der Waals surface area (Å²) in [5.74, 6) is 1.75. The minimum atomic E-state index is 0.251. The molecule has 0 aliphatic carbocycles. The molecule has 3 heteroatoms. The van der Waals surface area contributed by atoms with E-state index in [0.717, 1.165) is 24.8 Å². The van der Waals surface area contributed by atoms with E-state index in [4.69, 9.17) is 0 Å². The van der Waals surface area contributed by atoms with Crippen LogP contribution in [0.15, 0.2) is 0 Å². The van der Waals surface area contributed by atoms with E-state index in [9.17, 15) is 5.11 Å². The molecule has 0 saturated carbocycles. The quantitative estimate of drug-likeness (QED) is 0.732. The highest BCUT2D eigenvalue weighted by molar-refractivity contribution is 4.76. The topological polar surface area (TPSA) is 35.5 Å². The molecule has 0 radical (unpaired) electrons. The molecule has 1 aliphatic heterocycles. The molecule has 1 heterocycles. The highest BCUT2D eigenvalue weighted by Crippen LogP contribution is 2.24. The Morgan fingerprint density at radius 3 is 2.22 bits per heavy atom. The molecular weight excluding hydrogens is 224 g/mol. The minimum absolute atomic E-state index is 0.251. The molecule has 18 heavy (non-hydrogen) atoms. The standard InChI is InChI=1S/C15H32N2O/c1-12(2)14-5-8-17(9-6-14)10-7-15(11-18)16-13(3)4/h12-16,18H,5-11H2,1-4H3. The lowest BCUT2D eigenvalue weighted by atomic mass is 9.86. The molecule has 2 N–H and O–H groups in total. The first-order valence-corrected chi connectivity index (χ1v) is 7.62. The summed E-state index contributed by atoms with van der Waals surface area (Å²) < 4.78 is 0. The van der Waals surface area contributed by atoms with E-state index in [1.54, 1.807) is 0 Å². The van der Waals surface area contributed by atoms with Crippen LogP contribution in [0.1, 0.15) is 47.0 Å². The number of rotatable bonds is 7. The Hall–Kier alpha value is -0.120. The van der Waals surface area contributed by atoms with Crippen molar-refractivity contribution in [3.05, 3.63) is 0 Å². The van der Waals surface area contributed by atoms with Crippen molar-refractivity contribution in [2.24, 2.45) is 11.8 Å². The zero-order chi connectivity index (χ0) is 13.5. The van der Waals surface area contributed by atoms with E-state index >= 15 is 0 Å². The van der Waals surface area contributed by atoms with Crippen molar-refractivity contribution in [2.45, 2.75) is 59.0 Å². The molecule has 1 rings (SSSR count). The lowest BCUT2D eigenvalue weighted by Crippen LogP contribution is -2.42. The SMILES string of the molecule is CC(C)NC(CO)CCN1CCC(C(C)C)CC1. The third-order valence-corrected chi connectivity index (χ3v) is 4.16. The summed E-state index contributed by atoms with van der Waals surface area (Å²) in [7, 11) is 0. The Morgan fingerprint density at radius 2 is 1.78 bits per heavy atom. The van der Waals surface area contributed by atoms with Gasteiger partial charge >= 0.3 is 0 Å². The minimum Gasteiger partial charge on any atom is -0.395 e. The van der Waals surface area contributed by atoms with Crippen molar-refractivity contribution in [1.82, 2.24) is 10.2 Å². The Kier molecular flexibility index (Phi) is 7.20. The molecule has 0 spiro atoms. The highest BCUT2D eigenvalue weighted by Gasteiger charge is 2.21. The van der Waals surface area contributed by atoms with Gasteiger partial charge < -0.3 is 15.3 Å². The van der Waals surface area contributed by atoms with Crippen LogP contribution in [0, 0.1) is 11.8 Å². The van der Waals surface area contributed by atoms with Gasteiger partial charge in [-0.1, -0.05) is 27.7 Å². The number of hydrogen-bond acceptors (Lipinski definition) is 3. The molecule has 0 bridgehead atoms. The van der Waals surface area contributed by atoms with Gasteiger partial charge in [0, 0.05) is 12.1 Å². The summed E-state index contributed by atoms with van der Waals surface area (Å²) in [4.78, 5) is 2.56. The molecule has 1 atom stereocenters. The summed E-state index contributed by atoms with van der Waals surface area (Å²) in [5.41, 5.74) is 0. The normalized spacial score (nSPS) is 20.8. The van der Waals surface area contributed by atoms with Crippen LogP contribution in [0.5, 0.6) is 0 Å². The fourth-order valence-electron chi connectivity index (χ4n) is 2.88. The number of aliphatic hydroxyl groups is 1. The van der Waals surface area contributed by atoms with Gasteiger partial charge in [-0.05, 0) is 50.7 Å². The van der Waals surface area contributed by atoms with Gasteiger partial charge in [0.15, 0.2) is 0 Å². The van der Waals surface area contributed by atoms with E-state index in [1.807, 2.05) is 0 Å². The maximum Gasteiger partial charge on any atom is 0.0585 e. The summed E-state index contributed by atoms with van der Waals surface area (Å²) in [5, 5.41) is 12.8. The first-order valence-electron chi connectivity index (χ1n) is 7.62. The summed E-state index contributed by atoms with van der Waals surface area (Å²) in [6.45, 7) is 12.8. The first-order chi connectivity index (χ1) is 8.52. The van der Waals surface area contributed by atoms with Gasteiger partial charge in [0.1, 0.15) is 0 Å². The average Bonchev–Trinajstić information content (AvgIpc) is 2.34. The van der Waals surface area contributed by atoms with Crippen LogP contribution >= 0.6 is 0 Å². The van der Waals surface area contributed by atoms with Crippen LogP contribution < -0.4 is 5.32 Å². The van der Waals surface area contributed by atoms with E-state index in [-0.39, 0.29) is 12.6 Å². The largest absolute Gasteiger partial charge is 0.395 e. The Balaban J connectivity index is 2.20. The summed E-state index contributed by atoms with van der Waals surface area (Å²) in [6.07, 6.45) is 3.75. The molecule has 0 aromatic carbocycles. The first kappa shape index (κ1) is 15.9. The van der Waals surface area contributed by atoms with Gasteiger partial charge in [-0.25, -0.2) is 0 Å². The fraction of sp³-hybridized carbons (Fsp3) is 1.00. The fourth-order valence-corrected chi connectivity index (χ4v) is 2.88. The molecule has 3 nitrogen and oxygen atoms in total. The van der Waals surface area contributed by atoms with Gasteiger partial charge in [0.2, 0.25) is 0 Å². The zero-order valence-electron chi connectivity index (χ0n) is 12.7. The van der Waals surface area contributed by atoms with E-state index in [0.29, 0.717) is 6.04 Å². The van der Waals surface area contributed by atoms with Crippen molar-refractivity contribution in [1.29, 1.82) is 0 Å². The lowest BCUT2D eigenvalue weighted by molar-refractivity contribution is 0.143. The van der Waals surface area contributed by atoms with Crippen LogP contribution in [-0.2, 0) is 0 Å². The summed E-state index contributed by atoms with van der Waals surface area (Å²) in [6, 6.07) is 0.710. The van der Waals surface area contributed by atoms with Crippen LogP contribution in [0.3, 0.4) is 0 Å². The number of piperidine rings is 1. The zero-order valence-corrected chi connectivity index (χ0v) is 12.7. The predicted molar refractivity (Wildman–Crippen MR) is 77.8 cm³/mol. The van der Waals surface area contributed by atoms with Crippen molar-refractivity contribution in [3.8, 4) is 0 Å². The Morgan fingerprint density at radius 1 is 1.17 bits per heavy atom. The van der Waals surface area contributed by atoms with Crippen molar-refractivity contribution >= 4 is 0 Å². The molecule has 0 aromatic rings. The molecule has 108 valence electrons. The molecule has 1 aliphatic rings. The van der Waals surface area contributed by atoms with Gasteiger partial charge in [0.25, 0.3) is 0 Å². The number of nitrogens with zero attached hydrogens (tertiary/aromatic N) is 1. The molecule has 1 fully saturated rings. The van der Waals surface area contributed by atoms with Gasteiger partial charge in [-0.15, -0.1) is 0 Å². The molecule has 0 amide bonds. The van der Waals surface area contributed by atoms with Crippen molar-refractivity contribution in [3.63, 3.8) is 0 Å². The van der Waals surface area contributed by atoms with Crippen molar-refractivity contribution < 1.29 is 5.11 Å². The second kappa shape index (κ2) is 8.13. The van der Waals surface area contributed by atoms with E-state index in [2.05, 4.69) is 37.9 Å². The maximum absolute atomic E-state index is 9.34. The second-order valence-corrected chi connectivity index (χ2v) is 6.41. The molecule has 0 aromatic heterocycles. The third-order valence-electron chi connectivity index (χ3n) is 4.16. The van der Waals surface area contributed by atoms with Crippen LogP contribution in [0.2, 0.25) is 0 Å². The smallest absolute Gasteiger partial charge is 0.0585 e. The van der Waals surface area contributed by atoms with E-state index < -0.39 is 0 Å². The highest BCUT2D eigenvalue weighted by atomic mass is 16.3. The molecule has 1 unspecified atom stereocenters. The Bertz CT molecular complexity index is 211. The molecular formula is C15H32N2O. The van der Waals surface area contributed by atoms with Crippen LogP contribution in [-0.4, -0.2) is 48.3 Å². The van der Waals surface area contributed by atoms with Crippen LogP contribution in [0.25, 0.3) is 0 Å². The monoisotopic (exact) mass is 256 g/mol. The van der Waals surface area contributed by atoms with E-state index in [1.165, 1.54) is 25.9 Å². The number of hydrogen-bond donors (Lipinski definition) is 2. The van der Waals surface area contributed by atoms with Gasteiger partial charge in [0.05, 0.1) is 6.61 Å². The Labute approximate surface area is 113 Å². The van der Waals surface area contributed by atoms with Gasteiger partial charge in [-0.2, -0.15) is 0 Å². The lowest BCUT2D eigenvalue weighted by Gasteiger charge is -2.34. The second-order valence-electron chi connectivity index (χ2n) is 6.41. The van der Waals surface area contributed by atoms with Crippen molar-refractivity contribution in [2.75, 3.05) is 26.2 Å². The molecule has 1 saturated heterocycles. The van der Waals surface area contributed by atoms with Crippen LogP contribution in [0.4, 0.5) is 0 Å². The average molecular weight is 256 g/mol. The number of aliphatic hydroxyl groups excluding tert-OH is 1. The predicted octanol–water partition coefficient (Wildman–Crippen LogP) is 2.10. The third kappa shape index (κ3) is 5.68. The number of nitrogens with one attached hydrogen (secondary N) is 1.